The van der Waals surface area contributed by atoms with Crippen molar-refractivity contribution in [3.63, 3.8) is 0 Å². The predicted octanol–water partition coefficient (Wildman–Crippen LogP) is 1.80. The quantitative estimate of drug-likeness (QED) is 0.649. The lowest BCUT2D eigenvalue weighted by atomic mass is 10.1. The molecule has 2 aromatic rings. The van der Waals surface area contributed by atoms with E-state index < -0.39 is 5.97 Å². The Bertz CT molecular complexity index is 779. The van der Waals surface area contributed by atoms with Crippen molar-refractivity contribution in [2.75, 3.05) is 47.1 Å². The van der Waals surface area contributed by atoms with Gasteiger partial charge in [0.15, 0.2) is 5.43 Å². The summed E-state index contributed by atoms with van der Waals surface area (Å²) in [5.74, 6) is -0.524. The minimum Gasteiger partial charge on any atom is -0.461 e. The lowest BCUT2D eigenvalue weighted by molar-refractivity contribution is 0.0516. The van der Waals surface area contributed by atoms with Gasteiger partial charge in [-0.1, -0.05) is 12.1 Å². The number of fused-ring (bicyclic) bond motifs is 1. The van der Waals surface area contributed by atoms with Gasteiger partial charge in [0.05, 0.1) is 19.8 Å². The molecule has 0 atom stereocenters. The zero-order chi connectivity index (χ0) is 18.9. The average molecular weight is 362 g/mol. The van der Waals surface area contributed by atoms with Gasteiger partial charge in [-0.15, -0.1) is 0 Å². The third kappa shape index (κ3) is 4.91. The Balaban J connectivity index is 2.47. The number of hydrogen-bond acceptors (Lipinski definition) is 6. The summed E-state index contributed by atoms with van der Waals surface area (Å²) in [6, 6.07) is 7.15. The highest BCUT2D eigenvalue weighted by molar-refractivity contribution is 5.92. The molecule has 0 spiro atoms. The summed E-state index contributed by atoms with van der Waals surface area (Å²) in [6.07, 6.45) is 0. The molecule has 0 radical (unpaired) electrons. The van der Waals surface area contributed by atoms with Gasteiger partial charge < -0.3 is 19.2 Å². The van der Waals surface area contributed by atoms with Gasteiger partial charge in [-0.05, 0) is 19.1 Å². The van der Waals surface area contributed by atoms with E-state index in [1.165, 1.54) is 0 Å². The molecular formula is C19H26N2O5. The van der Waals surface area contributed by atoms with Gasteiger partial charge in [-0.2, -0.15) is 0 Å². The first kappa shape index (κ1) is 20.1. The Morgan fingerprint density at radius 2 is 1.77 bits per heavy atom. The van der Waals surface area contributed by atoms with Crippen LogP contribution in [0.4, 0.5) is 0 Å². The van der Waals surface area contributed by atoms with Crippen molar-refractivity contribution in [1.29, 1.82) is 0 Å². The van der Waals surface area contributed by atoms with E-state index in [1.54, 1.807) is 39.3 Å². The first-order valence-corrected chi connectivity index (χ1v) is 8.63. The van der Waals surface area contributed by atoms with Crippen LogP contribution in [0.25, 0.3) is 10.9 Å². The third-order valence-electron chi connectivity index (χ3n) is 4.09. The van der Waals surface area contributed by atoms with Crippen molar-refractivity contribution in [2.24, 2.45) is 0 Å². The molecule has 1 aromatic heterocycles. The lowest BCUT2D eigenvalue weighted by Crippen LogP contribution is -2.34. The molecule has 1 N–H and O–H groups in total. The van der Waals surface area contributed by atoms with Crippen LogP contribution in [-0.4, -0.2) is 63.0 Å². The summed E-state index contributed by atoms with van der Waals surface area (Å²) in [4.78, 5) is 30.5. The van der Waals surface area contributed by atoms with Crippen LogP contribution in [-0.2, 0) is 20.8 Å². The van der Waals surface area contributed by atoms with Gasteiger partial charge in [-0.25, -0.2) is 4.79 Å². The summed E-state index contributed by atoms with van der Waals surface area (Å²) in [5.41, 5.74) is 1.05. The number of carbonyl (C=O) groups excluding carboxylic acids is 1. The number of rotatable bonds is 10. The Morgan fingerprint density at radius 1 is 1.12 bits per heavy atom. The molecular weight excluding hydrogens is 336 g/mol. The van der Waals surface area contributed by atoms with Crippen molar-refractivity contribution in [3.8, 4) is 0 Å². The number of nitrogens with one attached hydrogen (secondary N) is 1. The first-order valence-electron chi connectivity index (χ1n) is 8.63. The molecule has 1 aromatic carbocycles. The van der Waals surface area contributed by atoms with Crippen molar-refractivity contribution in [2.45, 2.75) is 13.5 Å². The summed E-state index contributed by atoms with van der Waals surface area (Å²) in [5, 5.41) is 0.550. The van der Waals surface area contributed by atoms with E-state index in [-0.39, 0.29) is 17.7 Å². The minimum atomic E-state index is -0.524. The zero-order valence-corrected chi connectivity index (χ0v) is 15.5. The van der Waals surface area contributed by atoms with Crippen molar-refractivity contribution in [1.82, 2.24) is 9.88 Å². The van der Waals surface area contributed by atoms with E-state index in [0.29, 0.717) is 49.3 Å². The van der Waals surface area contributed by atoms with Crippen LogP contribution in [0.2, 0.25) is 0 Å². The maximum atomic E-state index is 13.0. The molecule has 7 heteroatoms. The van der Waals surface area contributed by atoms with Crippen LogP contribution < -0.4 is 5.43 Å². The molecule has 0 saturated carbocycles. The number of carbonyl (C=O) groups is 1. The molecule has 0 aliphatic heterocycles. The number of benzene rings is 1. The van der Waals surface area contributed by atoms with Crippen LogP contribution in [0.3, 0.4) is 0 Å². The topological polar surface area (TPSA) is 80.9 Å². The number of para-hydroxylation sites is 1. The third-order valence-corrected chi connectivity index (χ3v) is 4.09. The minimum absolute atomic E-state index is 0.165. The highest BCUT2D eigenvalue weighted by Gasteiger charge is 2.21. The number of nitrogens with zero attached hydrogens (tertiary/aromatic N) is 1. The number of aromatic amines is 1. The average Bonchev–Trinajstić information content (AvgIpc) is 2.65. The maximum Gasteiger partial charge on any atom is 0.355 e. The fourth-order valence-electron chi connectivity index (χ4n) is 2.74. The Hall–Kier alpha value is -2.22. The van der Waals surface area contributed by atoms with Crippen LogP contribution in [0.5, 0.6) is 0 Å². The van der Waals surface area contributed by atoms with E-state index in [2.05, 4.69) is 4.98 Å². The molecule has 0 fully saturated rings. The molecule has 0 unspecified atom stereocenters. The molecule has 0 saturated heterocycles. The number of pyridine rings is 1. The number of hydrogen-bond donors (Lipinski definition) is 1. The predicted molar refractivity (Wildman–Crippen MR) is 99.6 cm³/mol. The Kier molecular flexibility index (Phi) is 7.77. The van der Waals surface area contributed by atoms with Crippen molar-refractivity contribution in [3.05, 3.63) is 45.7 Å². The summed E-state index contributed by atoms with van der Waals surface area (Å²) in [6.45, 7) is 4.56. The zero-order valence-electron chi connectivity index (χ0n) is 15.5. The second kappa shape index (κ2) is 10.1. The molecule has 1 heterocycles. The second-order valence-corrected chi connectivity index (χ2v) is 5.84. The molecule has 0 aliphatic rings. The SMILES string of the molecule is CCOC(=O)c1[nH]c2ccccc2c(=O)c1CN(CCOC)CCOC. The van der Waals surface area contributed by atoms with Crippen molar-refractivity contribution < 1.29 is 19.0 Å². The van der Waals surface area contributed by atoms with Gasteiger partial charge in [-0.3, -0.25) is 9.69 Å². The molecule has 0 amide bonds. The van der Waals surface area contributed by atoms with Crippen molar-refractivity contribution >= 4 is 16.9 Å². The second-order valence-electron chi connectivity index (χ2n) is 5.84. The highest BCUT2D eigenvalue weighted by atomic mass is 16.5. The molecule has 2 rings (SSSR count). The number of H-pyrrole nitrogens is 1. The van der Waals surface area contributed by atoms with Crippen LogP contribution >= 0.6 is 0 Å². The molecule has 26 heavy (non-hydrogen) atoms. The van der Waals surface area contributed by atoms with E-state index in [1.807, 2.05) is 11.0 Å². The highest BCUT2D eigenvalue weighted by Crippen LogP contribution is 2.14. The maximum absolute atomic E-state index is 13.0. The van der Waals surface area contributed by atoms with E-state index >= 15 is 0 Å². The molecule has 7 nitrogen and oxygen atoms in total. The van der Waals surface area contributed by atoms with Gasteiger partial charge in [0.25, 0.3) is 0 Å². The van der Waals surface area contributed by atoms with Gasteiger partial charge in [0.2, 0.25) is 0 Å². The summed E-state index contributed by atoms with van der Waals surface area (Å²) < 4.78 is 15.4. The Morgan fingerprint density at radius 3 is 2.38 bits per heavy atom. The summed E-state index contributed by atoms with van der Waals surface area (Å²) in [7, 11) is 3.25. The van der Waals surface area contributed by atoms with Crippen LogP contribution in [0, 0.1) is 0 Å². The fourth-order valence-corrected chi connectivity index (χ4v) is 2.74. The largest absolute Gasteiger partial charge is 0.461 e. The fraction of sp³-hybridized carbons (Fsp3) is 0.474. The number of aromatic nitrogens is 1. The number of ether oxygens (including phenoxy) is 3. The van der Waals surface area contributed by atoms with Gasteiger partial charge in [0, 0.05) is 50.3 Å². The standard InChI is InChI=1S/C19H26N2O5/c1-4-26-19(23)17-15(13-21(9-11-24-2)10-12-25-3)18(22)14-7-5-6-8-16(14)20-17/h5-8H,4,9-13H2,1-3H3,(H,20,22). The number of esters is 1. The monoisotopic (exact) mass is 362 g/mol. The van der Waals surface area contributed by atoms with Gasteiger partial charge >= 0.3 is 5.97 Å². The van der Waals surface area contributed by atoms with Crippen LogP contribution in [0.15, 0.2) is 29.1 Å². The molecule has 0 bridgehead atoms. The van der Waals surface area contributed by atoms with Crippen LogP contribution in [0.1, 0.15) is 23.0 Å². The smallest absolute Gasteiger partial charge is 0.355 e. The van der Waals surface area contributed by atoms with E-state index in [9.17, 15) is 9.59 Å². The van der Waals surface area contributed by atoms with Gasteiger partial charge in [0.1, 0.15) is 5.69 Å². The normalized spacial score (nSPS) is 11.2. The Labute approximate surface area is 152 Å². The lowest BCUT2D eigenvalue weighted by Gasteiger charge is -2.22. The van der Waals surface area contributed by atoms with E-state index in [4.69, 9.17) is 14.2 Å². The first-order chi connectivity index (χ1) is 12.6. The molecule has 142 valence electrons. The van der Waals surface area contributed by atoms with E-state index in [0.717, 1.165) is 0 Å². The number of methoxy groups -OCH3 is 2. The summed E-state index contributed by atoms with van der Waals surface area (Å²) >= 11 is 0. The molecule has 0 aliphatic carbocycles.